The van der Waals surface area contributed by atoms with Crippen LogP contribution >= 0.6 is 0 Å². The number of methoxy groups -OCH3 is 1. The molecule has 0 aliphatic carbocycles. The second-order valence-electron chi connectivity index (χ2n) is 5.36. The van der Waals surface area contributed by atoms with Crippen molar-refractivity contribution in [3.63, 3.8) is 0 Å². The summed E-state index contributed by atoms with van der Waals surface area (Å²) in [4.78, 5) is 12.3. The highest BCUT2D eigenvalue weighted by molar-refractivity contribution is 5.81. The van der Waals surface area contributed by atoms with Crippen LogP contribution in [0, 0.1) is 6.92 Å². The van der Waals surface area contributed by atoms with Crippen molar-refractivity contribution in [3.05, 3.63) is 59.7 Å². The highest BCUT2D eigenvalue weighted by Crippen LogP contribution is 2.18. The van der Waals surface area contributed by atoms with Crippen LogP contribution in [0.5, 0.6) is 11.5 Å². The average molecular weight is 313 g/mol. The Morgan fingerprint density at radius 3 is 2.48 bits per heavy atom. The third-order valence-electron chi connectivity index (χ3n) is 3.61. The van der Waals surface area contributed by atoms with Gasteiger partial charge in [0.05, 0.1) is 7.11 Å². The molecule has 2 aromatic carbocycles. The lowest BCUT2D eigenvalue weighted by Gasteiger charge is -2.18. The molecule has 0 saturated carbocycles. The molecule has 1 N–H and O–H groups in total. The smallest absolute Gasteiger partial charge is 0.261 e. The molecule has 0 saturated heterocycles. The predicted molar refractivity (Wildman–Crippen MR) is 90.7 cm³/mol. The minimum atomic E-state index is -0.507. The zero-order chi connectivity index (χ0) is 16.7. The van der Waals surface area contributed by atoms with Crippen molar-refractivity contribution in [2.75, 3.05) is 7.11 Å². The van der Waals surface area contributed by atoms with Crippen molar-refractivity contribution in [3.8, 4) is 11.5 Å². The number of rotatable bonds is 7. The molecule has 0 aliphatic heterocycles. The number of carbonyl (C=O) groups is 1. The molecule has 122 valence electrons. The van der Waals surface area contributed by atoms with E-state index >= 15 is 0 Å². The molecule has 1 atom stereocenters. The van der Waals surface area contributed by atoms with E-state index < -0.39 is 6.10 Å². The Kier molecular flexibility index (Phi) is 6.03. The van der Waals surface area contributed by atoms with Gasteiger partial charge < -0.3 is 14.8 Å². The van der Waals surface area contributed by atoms with Crippen molar-refractivity contribution in [1.29, 1.82) is 0 Å². The van der Waals surface area contributed by atoms with Gasteiger partial charge in [-0.3, -0.25) is 4.79 Å². The van der Waals surface area contributed by atoms with Gasteiger partial charge in [0.15, 0.2) is 6.10 Å². The first-order valence-corrected chi connectivity index (χ1v) is 7.77. The molecule has 0 fully saturated rings. The summed E-state index contributed by atoms with van der Waals surface area (Å²) in [6, 6.07) is 15.3. The van der Waals surface area contributed by atoms with Gasteiger partial charge in [-0.2, -0.15) is 0 Å². The minimum absolute atomic E-state index is 0.126. The Labute approximate surface area is 137 Å². The first-order chi connectivity index (χ1) is 11.1. The minimum Gasteiger partial charge on any atom is -0.496 e. The van der Waals surface area contributed by atoms with Crippen molar-refractivity contribution in [1.82, 2.24) is 5.32 Å². The van der Waals surface area contributed by atoms with Crippen molar-refractivity contribution >= 4 is 5.91 Å². The number of para-hydroxylation sites is 1. The predicted octanol–water partition coefficient (Wildman–Crippen LogP) is 3.48. The normalized spacial score (nSPS) is 11.6. The number of aryl methyl sites for hydroxylation is 1. The van der Waals surface area contributed by atoms with Gasteiger partial charge in [-0.1, -0.05) is 42.8 Å². The number of benzene rings is 2. The topological polar surface area (TPSA) is 47.6 Å². The molecule has 0 bridgehead atoms. The maximum absolute atomic E-state index is 12.3. The van der Waals surface area contributed by atoms with E-state index in [0.29, 0.717) is 18.7 Å². The molecule has 0 unspecified atom stereocenters. The number of amides is 1. The molecule has 23 heavy (non-hydrogen) atoms. The summed E-state index contributed by atoms with van der Waals surface area (Å²) >= 11 is 0. The summed E-state index contributed by atoms with van der Waals surface area (Å²) < 4.78 is 11.1. The highest BCUT2D eigenvalue weighted by atomic mass is 16.5. The Bertz CT molecular complexity index is 637. The van der Waals surface area contributed by atoms with Crippen LogP contribution in [0.2, 0.25) is 0 Å². The van der Waals surface area contributed by atoms with Crippen LogP contribution in [0.25, 0.3) is 0 Å². The van der Waals surface area contributed by atoms with Crippen LogP contribution in [-0.4, -0.2) is 19.1 Å². The van der Waals surface area contributed by atoms with E-state index in [9.17, 15) is 4.79 Å². The largest absolute Gasteiger partial charge is 0.496 e. The molecule has 0 heterocycles. The standard InChI is InChI=1S/C19H23NO3/c1-4-17(23-16-11-9-14(2)10-12-16)19(21)20-13-15-7-5-6-8-18(15)22-3/h5-12,17H,4,13H2,1-3H3,(H,20,21)/t17-/m1/s1. The van der Waals surface area contributed by atoms with Crippen LogP contribution in [0.1, 0.15) is 24.5 Å². The van der Waals surface area contributed by atoms with Gasteiger partial charge in [0, 0.05) is 12.1 Å². The van der Waals surface area contributed by atoms with Crippen LogP contribution < -0.4 is 14.8 Å². The van der Waals surface area contributed by atoms with E-state index in [1.807, 2.05) is 62.4 Å². The monoisotopic (exact) mass is 313 g/mol. The molecule has 2 rings (SSSR count). The third-order valence-corrected chi connectivity index (χ3v) is 3.61. The van der Waals surface area contributed by atoms with E-state index in [1.165, 1.54) is 0 Å². The van der Waals surface area contributed by atoms with E-state index in [1.54, 1.807) is 7.11 Å². The lowest BCUT2D eigenvalue weighted by atomic mass is 10.2. The number of nitrogens with one attached hydrogen (secondary N) is 1. The summed E-state index contributed by atoms with van der Waals surface area (Å²) in [6.07, 6.45) is 0.0958. The summed E-state index contributed by atoms with van der Waals surface area (Å²) in [5.41, 5.74) is 2.10. The van der Waals surface area contributed by atoms with Crippen molar-refractivity contribution in [2.45, 2.75) is 32.9 Å². The Morgan fingerprint density at radius 1 is 1.13 bits per heavy atom. The van der Waals surface area contributed by atoms with E-state index in [2.05, 4.69) is 5.32 Å². The highest BCUT2D eigenvalue weighted by Gasteiger charge is 2.18. The van der Waals surface area contributed by atoms with Crippen LogP contribution in [0.15, 0.2) is 48.5 Å². The first-order valence-electron chi connectivity index (χ1n) is 7.77. The Hall–Kier alpha value is -2.49. The average Bonchev–Trinajstić information content (AvgIpc) is 2.59. The van der Waals surface area contributed by atoms with E-state index in [0.717, 1.165) is 16.9 Å². The Morgan fingerprint density at radius 2 is 1.83 bits per heavy atom. The molecule has 2 aromatic rings. The zero-order valence-electron chi connectivity index (χ0n) is 13.8. The fourth-order valence-corrected chi connectivity index (χ4v) is 2.25. The fourth-order valence-electron chi connectivity index (χ4n) is 2.25. The van der Waals surface area contributed by atoms with Crippen LogP contribution in [-0.2, 0) is 11.3 Å². The molecular formula is C19H23NO3. The second-order valence-corrected chi connectivity index (χ2v) is 5.36. The van der Waals surface area contributed by atoms with Gasteiger partial charge in [0.2, 0.25) is 0 Å². The summed E-state index contributed by atoms with van der Waals surface area (Å²) in [5.74, 6) is 1.34. The molecule has 4 nitrogen and oxygen atoms in total. The molecule has 4 heteroatoms. The maximum Gasteiger partial charge on any atom is 0.261 e. The third kappa shape index (κ3) is 4.74. The molecule has 0 aromatic heterocycles. The fraction of sp³-hybridized carbons (Fsp3) is 0.316. The van der Waals surface area contributed by atoms with Gasteiger partial charge in [-0.25, -0.2) is 0 Å². The number of carbonyl (C=O) groups excluding carboxylic acids is 1. The van der Waals surface area contributed by atoms with Gasteiger partial charge in [-0.05, 0) is 31.5 Å². The van der Waals surface area contributed by atoms with Crippen LogP contribution in [0.4, 0.5) is 0 Å². The zero-order valence-corrected chi connectivity index (χ0v) is 13.8. The molecule has 0 radical (unpaired) electrons. The first kappa shape index (κ1) is 16.9. The number of ether oxygens (including phenoxy) is 2. The van der Waals surface area contributed by atoms with Gasteiger partial charge >= 0.3 is 0 Å². The molecule has 0 spiro atoms. The summed E-state index contributed by atoms with van der Waals surface area (Å²) in [7, 11) is 1.62. The van der Waals surface area contributed by atoms with E-state index in [4.69, 9.17) is 9.47 Å². The van der Waals surface area contributed by atoms with E-state index in [-0.39, 0.29) is 5.91 Å². The maximum atomic E-state index is 12.3. The second kappa shape index (κ2) is 8.22. The van der Waals surface area contributed by atoms with Crippen molar-refractivity contribution in [2.24, 2.45) is 0 Å². The summed E-state index contributed by atoms with van der Waals surface area (Å²) in [5, 5.41) is 2.91. The molecular weight excluding hydrogens is 290 g/mol. The quantitative estimate of drug-likeness (QED) is 0.851. The molecule has 0 aliphatic rings. The lowest BCUT2D eigenvalue weighted by molar-refractivity contribution is -0.128. The van der Waals surface area contributed by atoms with Crippen molar-refractivity contribution < 1.29 is 14.3 Å². The summed E-state index contributed by atoms with van der Waals surface area (Å²) in [6.45, 7) is 4.36. The van der Waals surface area contributed by atoms with Gasteiger partial charge in [0.1, 0.15) is 11.5 Å². The Balaban J connectivity index is 1.96. The SMILES string of the molecule is CC[C@@H](Oc1ccc(C)cc1)C(=O)NCc1ccccc1OC. The number of hydrogen-bond donors (Lipinski definition) is 1. The van der Waals surface area contributed by atoms with Gasteiger partial charge in [-0.15, -0.1) is 0 Å². The number of hydrogen-bond acceptors (Lipinski definition) is 3. The van der Waals surface area contributed by atoms with Crippen LogP contribution in [0.3, 0.4) is 0 Å². The lowest BCUT2D eigenvalue weighted by Crippen LogP contribution is -2.37. The van der Waals surface area contributed by atoms with Gasteiger partial charge in [0.25, 0.3) is 5.91 Å². The molecule has 1 amide bonds.